The Hall–Kier alpha value is -0.420. The topological polar surface area (TPSA) is 30.5 Å². The van der Waals surface area contributed by atoms with Crippen LogP contribution in [0.15, 0.2) is 22.7 Å². The number of hydrogen-bond donors (Lipinski definition) is 1. The predicted molar refractivity (Wildman–Crippen MR) is 73.8 cm³/mol. The summed E-state index contributed by atoms with van der Waals surface area (Å²) in [5.41, 5.74) is 2.90. The van der Waals surface area contributed by atoms with Crippen LogP contribution in [-0.4, -0.2) is 32.5 Å². The fraction of sp³-hybridized carbons (Fsp3) is 0.571. The van der Waals surface area contributed by atoms with Gasteiger partial charge in [-0.3, -0.25) is 0 Å². The third kappa shape index (κ3) is 2.77. The normalized spacial score (nSPS) is 27.2. The van der Waals surface area contributed by atoms with Crippen LogP contribution in [0.4, 0.5) is 0 Å². The maximum atomic E-state index is 5.65. The number of ether oxygens (including phenoxy) is 2. The molecule has 1 N–H and O–H groups in total. The highest BCUT2D eigenvalue weighted by Gasteiger charge is 2.23. The molecular formula is C14H18BrNO2. The Labute approximate surface area is 116 Å². The van der Waals surface area contributed by atoms with Crippen molar-refractivity contribution in [1.29, 1.82) is 0 Å². The summed E-state index contributed by atoms with van der Waals surface area (Å²) < 4.78 is 12.2. The van der Waals surface area contributed by atoms with Crippen LogP contribution >= 0.6 is 15.9 Å². The molecule has 1 heterocycles. The van der Waals surface area contributed by atoms with Crippen LogP contribution in [0.25, 0.3) is 0 Å². The van der Waals surface area contributed by atoms with E-state index in [9.17, 15) is 0 Å². The van der Waals surface area contributed by atoms with Crippen molar-refractivity contribution in [2.24, 2.45) is 0 Å². The van der Waals surface area contributed by atoms with Crippen LogP contribution in [0, 0.1) is 0 Å². The molecule has 1 fully saturated rings. The zero-order valence-corrected chi connectivity index (χ0v) is 11.9. The van der Waals surface area contributed by atoms with Crippen LogP contribution < -0.4 is 5.32 Å². The van der Waals surface area contributed by atoms with Crippen LogP contribution in [0.5, 0.6) is 0 Å². The molecule has 0 spiro atoms. The second-order valence-electron chi connectivity index (χ2n) is 4.91. The third-order valence-electron chi connectivity index (χ3n) is 3.66. The van der Waals surface area contributed by atoms with E-state index in [0.29, 0.717) is 12.6 Å². The van der Waals surface area contributed by atoms with Crippen LogP contribution in [0.1, 0.15) is 23.6 Å². The van der Waals surface area contributed by atoms with Crippen LogP contribution in [0.3, 0.4) is 0 Å². The third-order valence-corrected chi connectivity index (χ3v) is 4.15. The first kappa shape index (κ1) is 12.6. The number of halogens is 1. The van der Waals surface area contributed by atoms with Crippen molar-refractivity contribution in [3.05, 3.63) is 33.8 Å². The SMILES string of the molecule is Brc1ccc2c(c1)CCC2NCC1COCCO1. The average Bonchev–Trinajstić information content (AvgIpc) is 2.80. The first-order valence-corrected chi connectivity index (χ1v) is 7.33. The van der Waals surface area contributed by atoms with Crippen LogP contribution in [-0.2, 0) is 15.9 Å². The summed E-state index contributed by atoms with van der Waals surface area (Å²) in [5, 5.41) is 3.61. The molecule has 0 saturated carbocycles. The number of fused-ring (bicyclic) bond motifs is 1. The molecule has 2 aliphatic rings. The van der Waals surface area contributed by atoms with E-state index < -0.39 is 0 Å². The van der Waals surface area contributed by atoms with Gasteiger partial charge in [0, 0.05) is 17.1 Å². The van der Waals surface area contributed by atoms with Gasteiger partial charge >= 0.3 is 0 Å². The minimum atomic E-state index is 0.207. The summed E-state index contributed by atoms with van der Waals surface area (Å²) in [7, 11) is 0. The van der Waals surface area contributed by atoms with Gasteiger partial charge in [0.2, 0.25) is 0 Å². The highest BCUT2D eigenvalue weighted by atomic mass is 79.9. The Balaban J connectivity index is 1.59. The Kier molecular flexibility index (Phi) is 3.99. The van der Waals surface area contributed by atoms with Crippen molar-refractivity contribution in [2.75, 3.05) is 26.4 Å². The van der Waals surface area contributed by atoms with Gasteiger partial charge in [0.1, 0.15) is 0 Å². The van der Waals surface area contributed by atoms with Crippen molar-refractivity contribution >= 4 is 15.9 Å². The maximum absolute atomic E-state index is 5.65. The number of nitrogens with one attached hydrogen (secondary N) is 1. The van der Waals surface area contributed by atoms with Gasteiger partial charge in [-0.1, -0.05) is 22.0 Å². The summed E-state index contributed by atoms with van der Waals surface area (Å²) in [6.45, 7) is 3.05. The lowest BCUT2D eigenvalue weighted by Crippen LogP contribution is -2.38. The molecule has 0 aromatic heterocycles. The van der Waals surface area contributed by atoms with Gasteiger partial charge in [-0.25, -0.2) is 0 Å². The minimum Gasteiger partial charge on any atom is -0.376 e. The molecule has 1 aromatic rings. The molecule has 4 heteroatoms. The van der Waals surface area contributed by atoms with E-state index in [0.717, 1.165) is 26.2 Å². The Bertz CT molecular complexity index is 418. The molecule has 1 aliphatic carbocycles. The molecule has 3 nitrogen and oxygen atoms in total. The molecule has 1 aromatic carbocycles. The second kappa shape index (κ2) is 5.70. The van der Waals surface area contributed by atoms with E-state index in [-0.39, 0.29) is 6.10 Å². The highest BCUT2D eigenvalue weighted by molar-refractivity contribution is 9.10. The van der Waals surface area contributed by atoms with Crippen LogP contribution in [0.2, 0.25) is 0 Å². The smallest absolute Gasteiger partial charge is 0.0933 e. The zero-order chi connectivity index (χ0) is 12.4. The maximum Gasteiger partial charge on any atom is 0.0933 e. The van der Waals surface area contributed by atoms with Crippen molar-refractivity contribution in [3.63, 3.8) is 0 Å². The lowest BCUT2D eigenvalue weighted by molar-refractivity contribution is -0.0870. The largest absolute Gasteiger partial charge is 0.376 e. The molecule has 2 unspecified atom stereocenters. The molecule has 3 rings (SSSR count). The van der Waals surface area contributed by atoms with Gasteiger partial charge in [0.15, 0.2) is 0 Å². The average molecular weight is 312 g/mol. The highest BCUT2D eigenvalue weighted by Crippen LogP contribution is 2.32. The standard InChI is InChI=1S/C14H18BrNO2/c15-11-2-3-13-10(7-11)1-4-14(13)16-8-12-9-17-5-6-18-12/h2-3,7,12,14,16H,1,4-6,8-9H2. The summed E-state index contributed by atoms with van der Waals surface area (Å²) in [6, 6.07) is 7.05. The van der Waals surface area contributed by atoms with E-state index in [2.05, 4.69) is 39.4 Å². The molecule has 0 radical (unpaired) electrons. The molecule has 98 valence electrons. The molecule has 0 bridgehead atoms. The summed E-state index contributed by atoms with van der Waals surface area (Å²) in [5.74, 6) is 0. The number of aryl methyl sites for hydroxylation is 1. The Morgan fingerprint density at radius 2 is 2.28 bits per heavy atom. The first-order valence-electron chi connectivity index (χ1n) is 6.54. The predicted octanol–water partition coefficient (Wildman–Crippen LogP) is 2.44. The Morgan fingerprint density at radius 1 is 1.33 bits per heavy atom. The summed E-state index contributed by atoms with van der Waals surface area (Å²) >= 11 is 3.53. The lowest BCUT2D eigenvalue weighted by atomic mass is 10.1. The van der Waals surface area contributed by atoms with Crippen molar-refractivity contribution in [2.45, 2.75) is 25.0 Å². The Morgan fingerprint density at radius 3 is 3.11 bits per heavy atom. The van der Waals surface area contributed by atoms with E-state index in [1.54, 1.807) is 0 Å². The molecule has 18 heavy (non-hydrogen) atoms. The summed E-state index contributed by atoms with van der Waals surface area (Å²) in [4.78, 5) is 0. The zero-order valence-electron chi connectivity index (χ0n) is 10.3. The van der Waals surface area contributed by atoms with Gasteiger partial charge in [0.25, 0.3) is 0 Å². The summed E-state index contributed by atoms with van der Waals surface area (Å²) in [6.07, 6.45) is 2.55. The van der Waals surface area contributed by atoms with Gasteiger partial charge in [-0.15, -0.1) is 0 Å². The molecule has 1 saturated heterocycles. The minimum absolute atomic E-state index is 0.207. The van der Waals surface area contributed by atoms with Gasteiger partial charge in [0.05, 0.1) is 25.9 Å². The van der Waals surface area contributed by atoms with Gasteiger partial charge in [-0.05, 0) is 36.1 Å². The van der Waals surface area contributed by atoms with Gasteiger partial charge in [-0.2, -0.15) is 0 Å². The number of hydrogen-bond acceptors (Lipinski definition) is 3. The van der Waals surface area contributed by atoms with Crippen molar-refractivity contribution < 1.29 is 9.47 Å². The van der Waals surface area contributed by atoms with Crippen molar-refractivity contribution in [3.8, 4) is 0 Å². The molecule has 1 aliphatic heterocycles. The lowest BCUT2D eigenvalue weighted by Gasteiger charge is -2.25. The van der Waals surface area contributed by atoms with E-state index in [1.165, 1.54) is 22.0 Å². The van der Waals surface area contributed by atoms with E-state index >= 15 is 0 Å². The van der Waals surface area contributed by atoms with E-state index in [1.807, 2.05) is 0 Å². The monoisotopic (exact) mass is 311 g/mol. The molecule has 0 amide bonds. The number of benzene rings is 1. The molecular weight excluding hydrogens is 294 g/mol. The van der Waals surface area contributed by atoms with E-state index in [4.69, 9.17) is 9.47 Å². The quantitative estimate of drug-likeness (QED) is 0.930. The fourth-order valence-corrected chi connectivity index (χ4v) is 3.13. The fourth-order valence-electron chi connectivity index (χ4n) is 2.73. The molecule has 2 atom stereocenters. The number of rotatable bonds is 3. The second-order valence-corrected chi connectivity index (χ2v) is 5.83. The van der Waals surface area contributed by atoms with Gasteiger partial charge < -0.3 is 14.8 Å². The van der Waals surface area contributed by atoms with Crippen molar-refractivity contribution in [1.82, 2.24) is 5.32 Å². The first-order chi connectivity index (χ1) is 8.83.